The fourth-order valence-corrected chi connectivity index (χ4v) is 5.15. The molecule has 2 rings (SSSR count). The van der Waals surface area contributed by atoms with Crippen LogP contribution in [0.25, 0.3) is 0 Å². The van der Waals surface area contributed by atoms with Gasteiger partial charge >= 0.3 is 0 Å². The molecule has 0 amide bonds. The Bertz CT molecular complexity index is 366. The van der Waals surface area contributed by atoms with Gasteiger partial charge in [-0.3, -0.25) is 0 Å². The molecule has 0 bridgehead atoms. The van der Waals surface area contributed by atoms with E-state index < -0.39 is 9.84 Å². The third-order valence-electron chi connectivity index (χ3n) is 4.81. The van der Waals surface area contributed by atoms with Gasteiger partial charge in [0.05, 0.1) is 5.25 Å². The molecule has 2 aliphatic rings. The summed E-state index contributed by atoms with van der Waals surface area (Å²) in [5.41, 5.74) is 0. The first-order valence-corrected chi connectivity index (χ1v) is 9.41. The van der Waals surface area contributed by atoms with Crippen LogP contribution in [0.4, 0.5) is 0 Å². The number of hydrogen-bond donors (Lipinski definition) is 1. The first kappa shape index (κ1) is 14.3. The fourth-order valence-electron chi connectivity index (χ4n) is 3.75. The molecule has 18 heavy (non-hydrogen) atoms. The molecule has 2 saturated carbocycles. The van der Waals surface area contributed by atoms with Crippen LogP contribution in [0, 0.1) is 5.92 Å². The predicted octanol–water partition coefficient (Wildman–Crippen LogP) is 2.51. The minimum Gasteiger partial charge on any atom is -0.310 e. The molecular weight excluding hydrogens is 246 g/mol. The Morgan fingerprint density at radius 3 is 2.50 bits per heavy atom. The molecule has 0 heterocycles. The van der Waals surface area contributed by atoms with E-state index in [1.54, 1.807) is 0 Å². The van der Waals surface area contributed by atoms with E-state index in [9.17, 15) is 8.42 Å². The lowest BCUT2D eigenvalue weighted by molar-refractivity contribution is 0.262. The van der Waals surface area contributed by atoms with Crippen molar-refractivity contribution < 1.29 is 8.42 Å². The van der Waals surface area contributed by atoms with Crippen molar-refractivity contribution >= 4 is 9.84 Å². The van der Waals surface area contributed by atoms with Gasteiger partial charge in [0.1, 0.15) is 0 Å². The van der Waals surface area contributed by atoms with Gasteiger partial charge in [0.2, 0.25) is 0 Å². The second-order valence-corrected chi connectivity index (χ2v) is 8.47. The average Bonchev–Trinajstić information content (AvgIpc) is 2.77. The molecule has 0 saturated heterocycles. The van der Waals surface area contributed by atoms with E-state index in [1.807, 2.05) is 0 Å². The van der Waals surface area contributed by atoms with Crippen molar-refractivity contribution in [3.8, 4) is 0 Å². The highest BCUT2D eigenvalue weighted by atomic mass is 32.2. The van der Waals surface area contributed by atoms with Gasteiger partial charge in [0.25, 0.3) is 0 Å². The molecule has 0 aromatic carbocycles. The zero-order valence-electron chi connectivity index (χ0n) is 11.7. The Morgan fingerprint density at radius 2 is 1.83 bits per heavy atom. The molecule has 0 radical (unpaired) electrons. The highest BCUT2D eigenvalue weighted by molar-refractivity contribution is 7.91. The van der Waals surface area contributed by atoms with Gasteiger partial charge in [-0.25, -0.2) is 8.42 Å². The summed E-state index contributed by atoms with van der Waals surface area (Å²) in [7, 11) is -2.88. The zero-order valence-corrected chi connectivity index (χ0v) is 12.5. The largest absolute Gasteiger partial charge is 0.310 e. The molecule has 2 aliphatic carbocycles. The van der Waals surface area contributed by atoms with Crippen molar-refractivity contribution in [2.24, 2.45) is 5.92 Å². The molecule has 0 aliphatic heterocycles. The van der Waals surface area contributed by atoms with E-state index in [-0.39, 0.29) is 11.3 Å². The van der Waals surface area contributed by atoms with E-state index in [2.05, 4.69) is 12.2 Å². The summed E-state index contributed by atoms with van der Waals surface area (Å²) in [6.07, 6.45) is 10.7. The van der Waals surface area contributed by atoms with Crippen LogP contribution in [-0.4, -0.2) is 32.0 Å². The molecule has 3 nitrogen and oxygen atoms in total. The Hall–Kier alpha value is -0.0900. The van der Waals surface area contributed by atoms with Crippen molar-refractivity contribution in [2.45, 2.75) is 75.6 Å². The molecule has 106 valence electrons. The molecule has 2 fully saturated rings. The molecule has 0 spiro atoms. The maximum Gasteiger partial charge on any atom is 0.151 e. The topological polar surface area (TPSA) is 46.2 Å². The highest BCUT2D eigenvalue weighted by Crippen LogP contribution is 2.30. The van der Waals surface area contributed by atoms with E-state index in [1.165, 1.54) is 38.4 Å². The molecule has 1 N–H and O–H groups in total. The van der Waals surface area contributed by atoms with Gasteiger partial charge in [-0.1, -0.05) is 32.6 Å². The summed E-state index contributed by atoms with van der Waals surface area (Å²) in [5.74, 6) is 0.842. The highest BCUT2D eigenvalue weighted by Gasteiger charge is 2.36. The van der Waals surface area contributed by atoms with Crippen LogP contribution in [0.2, 0.25) is 0 Å². The van der Waals surface area contributed by atoms with Crippen molar-refractivity contribution in [3.05, 3.63) is 0 Å². The Kier molecular flexibility index (Phi) is 4.70. The van der Waals surface area contributed by atoms with Crippen molar-refractivity contribution in [1.29, 1.82) is 0 Å². The van der Waals surface area contributed by atoms with Gasteiger partial charge in [0, 0.05) is 18.3 Å². The SMILES string of the molecule is CCC1CCCC(NC2CCCC2S(C)(=O)=O)C1. The van der Waals surface area contributed by atoms with Crippen molar-refractivity contribution in [3.63, 3.8) is 0 Å². The fraction of sp³-hybridized carbons (Fsp3) is 1.00. The van der Waals surface area contributed by atoms with E-state index in [4.69, 9.17) is 0 Å². The molecule has 0 aromatic rings. The van der Waals surface area contributed by atoms with Crippen LogP contribution in [0.3, 0.4) is 0 Å². The van der Waals surface area contributed by atoms with Crippen LogP contribution >= 0.6 is 0 Å². The number of hydrogen-bond acceptors (Lipinski definition) is 3. The van der Waals surface area contributed by atoms with Gasteiger partial charge in [-0.15, -0.1) is 0 Å². The van der Waals surface area contributed by atoms with Crippen LogP contribution in [0.15, 0.2) is 0 Å². The Balaban J connectivity index is 1.92. The lowest BCUT2D eigenvalue weighted by atomic mass is 9.84. The summed E-state index contributed by atoms with van der Waals surface area (Å²) >= 11 is 0. The quantitative estimate of drug-likeness (QED) is 0.856. The molecule has 4 heteroatoms. The minimum absolute atomic E-state index is 0.139. The second-order valence-electron chi connectivity index (χ2n) is 6.21. The van der Waals surface area contributed by atoms with Gasteiger partial charge in [-0.05, 0) is 31.6 Å². The third-order valence-corrected chi connectivity index (χ3v) is 6.48. The monoisotopic (exact) mass is 273 g/mol. The third kappa shape index (κ3) is 3.47. The first-order chi connectivity index (χ1) is 8.50. The number of rotatable bonds is 4. The van der Waals surface area contributed by atoms with Crippen molar-refractivity contribution in [2.75, 3.05) is 6.26 Å². The second kappa shape index (κ2) is 5.91. The van der Waals surface area contributed by atoms with Gasteiger partial charge in [0.15, 0.2) is 9.84 Å². The van der Waals surface area contributed by atoms with E-state index in [0.717, 1.165) is 25.2 Å². The van der Waals surface area contributed by atoms with Crippen LogP contribution in [-0.2, 0) is 9.84 Å². The minimum atomic E-state index is -2.88. The maximum absolute atomic E-state index is 11.8. The maximum atomic E-state index is 11.8. The van der Waals surface area contributed by atoms with Crippen LogP contribution < -0.4 is 5.32 Å². The first-order valence-electron chi connectivity index (χ1n) is 7.45. The number of sulfone groups is 1. The molecule has 4 unspecified atom stereocenters. The van der Waals surface area contributed by atoms with Crippen LogP contribution in [0.1, 0.15) is 58.3 Å². The van der Waals surface area contributed by atoms with E-state index in [0.29, 0.717) is 6.04 Å². The zero-order chi connectivity index (χ0) is 13.2. The average molecular weight is 273 g/mol. The lowest BCUT2D eigenvalue weighted by Gasteiger charge is -2.32. The lowest BCUT2D eigenvalue weighted by Crippen LogP contribution is -2.46. The Morgan fingerprint density at radius 1 is 1.11 bits per heavy atom. The predicted molar refractivity (Wildman–Crippen MR) is 75.4 cm³/mol. The standard InChI is InChI=1S/C14H27NO2S/c1-3-11-6-4-7-12(10-11)15-13-8-5-9-14(13)18(2,16)17/h11-15H,3-10H2,1-2H3. The van der Waals surface area contributed by atoms with Crippen LogP contribution in [0.5, 0.6) is 0 Å². The summed E-state index contributed by atoms with van der Waals surface area (Å²) < 4.78 is 23.5. The normalized spacial score (nSPS) is 37.9. The smallest absolute Gasteiger partial charge is 0.151 e. The summed E-state index contributed by atoms with van der Waals surface area (Å²) in [5, 5.41) is 3.52. The summed E-state index contributed by atoms with van der Waals surface area (Å²) in [6, 6.07) is 0.761. The summed E-state index contributed by atoms with van der Waals surface area (Å²) in [6.45, 7) is 2.27. The molecule has 0 aromatic heterocycles. The van der Waals surface area contributed by atoms with Gasteiger partial charge < -0.3 is 5.32 Å². The Labute approximate surface area is 112 Å². The van der Waals surface area contributed by atoms with Crippen molar-refractivity contribution in [1.82, 2.24) is 5.32 Å². The number of nitrogens with one attached hydrogen (secondary N) is 1. The van der Waals surface area contributed by atoms with Gasteiger partial charge in [-0.2, -0.15) is 0 Å². The molecule has 4 atom stereocenters. The van der Waals surface area contributed by atoms with E-state index >= 15 is 0 Å². The molecular formula is C14H27NO2S. The summed E-state index contributed by atoms with van der Waals surface area (Å²) in [4.78, 5) is 0.